The molecule has 0 unspecified atom stereocenters. The molecule has 0 fully saturated rings. The highest BCUT2D eigenvalue weighted by Gasteiger charge is 2.26. The van der Waals surface area contributed by atoms with Gasteiger partial charge in [-0.15, -0.1) is 0 Å². The van der Waals surface area contributed by atoms with Gasteiger partial charge in [-0.05, 0) is 85.3 Å². The van der Waals surface area contributed by atoms with E-state index in [4.69, 9.17) is 19.2 Å². The molecule has 0 amide bonds. The first-order valence-corrected chi connectivity index (χ1v) is 11.6. The summed E-state index contributed by atoms with van der Waals surface area (Å²) in [6.07, 6.45) is 3.63. The van der Waals surface area contributed by atoms with Gasteiger partial charge in [0.25, 0.3) is 0 Å². The fourth-order valence-corrected chi connectivity index (χ4v) is 4.20. The summed E-state index contributed by atoms with van der Waals surface area (Å²) >= 11 is 0. The van der Waals surface area contributed by atoms with Gasteiger partial charge in [0.05, 0.1) is 19.4 Å². The zero-order valence-electron chi connectivity index (χ0n) is 19.6. The van der Waals surface area contributed by atoms with Crippen LogP contribution in [-0.2, 0) is 22.4 Å². The summed E-state index contributed by atoms with van der Waals surface area (Å²) in [6, 6.07) is 18.2. The second-order valence-corrected chi connectivity index (χ2v) is 8.41. The number of carbonyl (C=O) groups is 1. The van der Waals surface area contributed by atoms with Crippen molar-refractivity contribution in [1.82, 2.24) is 4.98 Å². The first-order valence-electron chi connectivity index (χ1n) is 11.6. The zero-order chi connectivity index (χ0) is 23.2. The molecule has 3 aromatic rings. The maximum atomic E-state index is 11.9. The summed E-state index contributed by atoms with van der Waals surface area (Å²) in [6.45, 7) is 4.61. The molecule has 0 saturated heterocycles. The van der Waals surface area contributed by atoms with Crippen LogP contribution in [-0.4, -0.2) is 24.7 Å². The zero-order valence-corrected chi connectivity index (χ0v) is 19.6. The van der Waals surface area contributed by atoms with Gasteiger partial charge in [-0.1, -0.05) is 19.1 Å². The van der Waals surface area contributed by atoms with Crippen molar-refractivity contribution in [3.8, 4) is 22.8 Å². The van der Waals surface area contributed by atoms with E-state index in [0.29, 0.717) is 13.0 Å². The van der Waals surface area contributed by atoms with E-state index in [1.807, 2.05) is 49.4 Å². The normalized spacial score (nSPS) is 14.6. The van der Waals surface area contributed by atoms with Gasteiger partial charge in [0, 0.05) is 24.1 Å². The molecule has 1 atom stereocenters. The largest absolute Gasteiger partial charge is 0.497 e. The second-order valence-electron chi connectivity index (χ2n) is 8.41. The Kier molecular flexibility index (Phi) is 7.28. The number of fused-ring (bicyclic) bond motifs is 1. The van der Waals surface area contributed by atoms with Crippen LogP contribution < -0.4 is 9.47 Å². The third kappa shape index (κ3) is 5.54. The van der Waals surface area contributed by atoms with Crippen molar-refractivity contribution in [3.05, 3.63) is 77.0 Å². The summed E-state index contributed by atoms with van der Waals surface area (Å²) in [4.78, 5) is 16.7. The van der Waals surface area contributed by atoms with Gasteiger partial charge in [-0.25, -0.2) is 0 Å². The molecule has 1 aliphatic carbocycles. The Morgan fingerprint density at radius 2 is 1.85 bits per heavy atom. The molecule has 0 radical (unpaired) electrons. The number of carbonyl (C=O) groups excluding carboxylic acids is 1. The van der Waals surface area contributed by atoms with Gasteiger partial charge in [-0.3, -0.25) is 9.78 Å². The molecule has 0 aliphatic heterocycles. The average molecular weight is 446 g/mol. The van der Waals surface area contributed by atoms with Crippen molar-refractivity contribution in [2.24, 2.45) is 0 Å². The summed E-state index contributed by atoms with van der Waals surface area (Å²) in [5.74, 6) is 1.56. The lowest BCUT2D eigenvalue weighted by Crippen LogP contribution is -2.08. The number of hydrogen-bond donors (Lipinski definition) is 0. The highest BCUT2D eigenvalue weighted by Crippen LogP contribution is 2.36. The molecular weight excluding hydrogens is 414 g/mol. The lowest BCUT2D eigenvalue weighted by molar-refractivity contribution is -0.149. The highest BCUT2D eigenvalue weighted by molar-refractivity contribution is 5.69. The topological polar surface area (TPSA) is 57.7 Å². The van der Waals surface area contributed by atoms with Crippen molar-refractivity contribution < 1.29 is 19.0 Å². The Bertz CT molecular complexity index is 1110. The van der Waals surface area contributed by atoms with Crippen LogP contribution in [0.1, 0.15) is 54.7 Å². The SMILES string of the molecule is CCCC(=O)O[C@H]1CCc2cc(OCCc3nc(-c4ccc(OC)cc4)ccc3C)ccc21. The number of aromatic nitrogens is 1. The van der Waals surface area contributed by atoms with Crippen LogP contribution in [0.15, 0.2) is 54.6 Å². The molecule has 0 bridgehead atoms. The van der Waals surface area contributed by atoms with Crippen LogP contribution in [0.25, 0.3) is 11.3 Å². The summed E-state index contributed by atoms with van der Waals surface area (Å²) in [7, 11) is 1.67. The molecule has 33 heavy (non-hydrogen) atoms. The molecule has 5 nitrogen and oxygen atoms in total. The number of pyridine rings is 1. The molecule has 0 N–H and O–H groups in total. The minimum atomic E-state index is -0.124. The van der Waals surface area contributed by atoms with E-state index in [-0.39, 0.29) is 12.1 Å². The third-order valence-corrected chi connectivity index (χ3v) is 6.06. The number of nitrogens with zero attached hydrogens (tertiary/aromatic N) is 1. The molecule has 0 spiro atoms. The number of aryl methyl sites for hydroxylation is 2. The van der Waals surface area contributed by atoms with Crippen molar-refractivity contribution in [3.63, 3.8) is 0 Å². The fraction of sp³-hybridized carbons (Fsp3) is 0.357. The predicted octanol–water partition coefficient (Wildman–Crippen LogP) is 6.02. The number of hydrogen-bond acceptors (Lipinski definition) is 5. The van der Waals surface area contributed by atoms with Crippen molar-refractivity contribution in [2.75, 3.05) is 13.7 Å². The van der Waals surface area contributed by atoms with Gasteiger partial charge in [0.15, 0.2) is 0 Å². The van der Waals surface area contributed by atoms with E-state index in [1.54, 1.807) is 7.11 Å². The smallest absolute Gasteiger partial charge is 0.306 e. The third-order valence-electron chi connectivity index (χ3n) is 6.06. The Labute approximate surface area is 195 Å². The Morgan fingerprint density at radius 1 is 1.06 bits per heavy atom. The van der Waals surface area contributed by atoms with Crippen LogP contribution in [0.2, 0.25) is 0 Å². The van der Waals surface area contributed by atoms with Crippen LogP contribution in [0, 0.1) is 6.92 Å². The number of rotatable bonds is 9. The summed E-state index contributed by atoms with van der Waals surface area (Å²) < 4.78 is 16.9. The quantitative estimate of drug-likeness (QED) is 0.377. The van der Waals surface area contributed by atoms with E-state index in [2.05, 4.69) is 19.1 Å². The van der Waals surface area contributed by atoms with Gasteiger partial charge < -0.3 is 14.2 Å². The van der Waals surface area contributed by atoms with Crippen molar-refractivity contribution in [2.45, 2.75) is 52.1 Å². The molecule has 0 saturated carbocycles. The first kappa shape index (κ1) is 22.8. The lowest BCUT2D eigenvalue weighted by atomic mass is 10.1. The van der Waals surface area contributed by atoms with Crippen LogP contribution in [0.5, 0.6) is 11.5 Å². The van der Waals surface area contributed by atoms with E-state index in [1.165, 1.54) is 5.56 Å². The maximum Gasteiger partial charge on any atom is 0.306 e. The van der Waals surface area contributed by atoms with Crippen molar-refractivity contribution in [1.29, 1.82) is 0 Å². The molecule has 5 heteroatoms. The Balaban J connectivity index is 1.37. The first-order chi connectivity index (χ1) is 16.1. The van der Waals surface area contributed by atoms with Crippen molar-refractivity contribution >= 4 is 5.97 Å². The van der Waals surface area contributed by atoms with E-state index < -0.39 is 0 Å². The number of methoxy groups -OCH3 is 1. The Hall–Kier alpha value is -3.34. The van der Waals surface area contributed by atoms with Crippen LogP contribution >= 0.6 is 0 Å². The van der Waals surface area contributed by atoms with E-state index in [9.17, 15) is 4.79 Å². The molecule has 1 heterocycles. The number of esters is 1. The Morgan fingerprint density at radius 3 is 2.61 bits per heavy atom. The van der Waals surface area contributed by atoms with Gasteiger partial charge in [0.1, 0.15) is 17.6 Å². The molecule has 172 valence electrons. The lowest BCUT2D eigenvalue weighted by Gasteiger charge is -2.14. The van der Waals surface area contributed by atoms with E-state index in [0.717, 1.165) is 65.3 Å². The maximum absolute atomic E-state index is 11.9. The standard InChI is InChI=1S/C28H31NO4/c1-4-5-28(30)33-27-15-9-21-18-23(12-13-24(21)27)32-17-16-25-19(2)6-14-26(29-25)20-7-10-22(31-3)11-8-20/h6-8,10-14,18,27H,4-5,9,15-17H2,1-3H3/t27-/m0/s1. The van der Waals surface area contributed by atoms with Crippen LogP contribution in [0.4, 0.5) is 0 Å². The molecule has 2 aromatic carbocycles. The minimum absolute atomic E-state index is 0.115. The van der Waals surface area contributed by atoms with Gasteiger partial charge in [0.2, 0.25) is 0 Å². The van der Waals surface area contributed by atoms with Gasteiger partial charge >= 0.3 is 5.97 Å². The monoisotopic (exact) mass is 445 g/mol. The minimum Gasteiger partial charge on any atom is -0.497 e. The molecular formula is C28H31NO4. The second kappa shape index (κ2) is 10.5. The fourth-order valence-electron chi connectivity index (χ4n) is 4.20. The van der Waals surface area contributed by atoms with Crippen LogP contribution in [0.3, 0.4) is 0 Å². The summed E-state index contributed by atoms with van der Waals surface area (Å²) in [5, 5.41) is 0. The molecule has 4 rings (SSSR count). The average Bonchev–Trinajstić information content (AvgIpc) is 3.22. The number of benzene rings is 2. The summed E-state index contributed by atoms with van der Waals surface area (Å²) in [5.41, 5.74) is 6.51. The molecule has 1 aliphatic rings. The molecule has 1 aromatic heterocycles. The van der Waals surface area contributed by atoms with E-state index >= 15 is 0 Å². The predicted molar refractivity (Wildman–Crippen MR) is 129 cm³/mol. The highest BCUT2D eigenvalue weighted by atomic mass is 16.5. The number of ether oxygens (including phenoxy) is 3. The van der Waals surface area contributed by atoms with Gasteiger partial charge in [-0.2, -0.15) is 0 Å².